The molecule has 1 amide bonds. The Morgan fingerprint density at radius 3 is 2.40 bits per heavy atom. The highest BCUT2D eigenvalue weighted by molar-refractivity contribution is 9.10. The molecule has 0 spiro atoms. The zero-order valence-corrected chi connectivity index (χ0v) is 13.2. The number of amides is 1. The molecular formula is C16H17BrN2O. The molecular weight excluding hydrogens is 316 g/mol. The third kappa shape index (κ3) is 3.25. The van der Waals surface area contributed by atoms with Crippen LogP contribution in [0, 0.1) is 0 Å². The first-order valence-electron chi connectivity index (χ1n) is 6.69. The van der Waals surface area contributed by atoms with Crippen LogP contribution in [0.5, 0.6) is 0 Å². The number of carbonyl (C=O) groups excluding carboxylic acids is 1. The number of halogens is 1. The van der Waals surface area contributed by atoms with Crippen molar-refractivity contribution in [1.82, 2.24) is 4.98 Å². The van der Waals surface area contributed by atoms with Gasteiger partial charge in [0.05, 0.1) is 0 Å². The van der Waals surface area contributed by atoms with Crippen LogP contribution in [0.2, 0.25) is 0 Å². The van der Waals surface area contributed by atoms with E-state index in [1.807, 2.05) is 6.07 Å². The molecule has 4 heteroatoms. The molecule has 1 heterocycles. The summed E-state index contributed by atoms with van der Waals surface area (Å²) >= 11 is 3.28. The molecule has 0 atom stereocenters. The van der Waals surface area contributed by atoms with Crippen LogP contribution in [-0.2, 0) is 12.8 Å². The molecule has 0 saturated carbocycles. The van der Waals surface area contributed by atoms with E-state index in [4.69, 9.17) is 0 Å². The number of aryl methyl sites for hydroxylation is 2. The maximum atomic E-state index is 12.3. The fraction of sp³-hybridized carbons (Fsp3) is 0.250. The maximum absolute atomic E-state index is 12.3. The van der Waals surface area contributed by atoms with Gasteiger partial charge in [-0.1, -0.05) is 32.0 Å². The van der Waals surface area contributed by atoms with Crippen molar-refractivity contribution in [2.45, 2.75) is 26.7 Å². The molecule has 0 saturated heterocycles. The number of nitrogens with one attached hydrogen (secondary N) is 1. The Balaban J connectivity index is 2.32. The normalized spacial score (nSPS) is 10.3. The van der Waals surface area contributed by atoms with Gasteiger partial charge < -0.3 is 5.32 Å². The van der Waals surface area contributed by atoms with Crippen LogP contribution < -0.4 is 5.32 Å². The molecule has 0 aliphatic heterocycles. The Kier molecular flexibility index (Phi) is 4.90. The highest BCUT2D eigenvalue weighted by Crippen LogP contribution is 2.23. The second-order valence-corrected chi connectivity index (χ2v) is 5.29. The average Bonchev–Trinajstić information content (AvgIpc) is 2.47. The Morgan fingerprint density at radius 2 is 1.85 bits per heavy atom. The number of benzene rings is 1. The summed E-state index contributed by atoms with van der Waals surface area (Å²) in [5, 5.41) is 3.04. The van der Waals surface area contributed by atoms with E-state index < -0.39 is 0 Å². The summed E-state index contributed by atoms with van der Waals surface area (Å²) in [7, 11) is 0. The number of hydrogen-bond acceptors (Lipinski definition) is 2. The van der Waals surface area contributed by atoms with E-state index in [9.17, 15) is 4.79 Å². The lowest BCUT2D eigenvalue weighted by molar-refractivity contribution is 0.102. The largest absolute Gasteiger partial charge is 0.321 e. The molecule has 0 bridgehead atoms. The van der Waals surface area contributed by atoms with Crippen LogP contribution >= 0.6 is 15.9 Å². The minimum absolute atomic E-state index is 0.108. The van der Waals surface area contributed by atoms with Gasteiger partial charge in [0.15, 0.2) is 0 Å². The standard InChI is InChI=1S/C16H17BrN2O/c1-3-11-6-5-7-12(4-2)15(11)19-16(20)13-8-9-18-14(17)10-13/h5-10H,3-4H2,1-2H3,(H,19,20). The Bertz CT molecular complexity index is 603. The molecule has 0 aliphatic rings. The van der Waals surface area contributed by atoms with Gasteiger partial charge in [0.1, 0.15) is 4.60 Å². The Hall–Kier alpha value is -1.68. The Labute approximate surface area is 127 Å². The summed E-state index contributed by atoms with van der Waals surface area (Å²) in [5.41, 5.74) is 3.85. The minimum Gasteiger partial charge on any atom is -0.321 e. The van der Waals surface area contributed by atoms with Crippen LogP contribution in [0.25, 0.3) is 0 Å². The van der Waals surface area contributed by atoms with Gasteiger partial charge in [-0.25, -0.2) is 4.98 Å². The van der Waals surface area contributed by atoms with Crippen molar-refractivity contribution < 1.29 is 4.79 Å². The average molecular weight is 333 g/mol. The first kappa shape index (κ1) is 14.7. The van der Waals surface area contributed by atoms with Gasteiger partial charge in [0, 0.05) is 17.4 Å². The molecule has 104 valence electrons. The predicted octanol–water partition coefficient (Wildman–Crippen LogP) is 4.22. The van der Waals surface area contributed by atoms with E-state index in [0.717, 1.165) is 29.7 Å². The van der Waals surface area contributed by atoms with Crippen molar-refractivity contribution in [3.05, 3.63) is 57.8 Å². The summed E-state index contributed by atoms with van der Waals surface area (Å²) < 4.78 is 0.657. The van der Waals surface area contributed by atoms with Gasteiger partial charge in [-0.15, -0.1) is 0 Å². The van der Waals surface area contributed by atoms with Crippen molar-refractivity contribution in [3.8, 4) is 0 Å². The number of carbonyl (C=O) groups is 1. The van der Waals surface area contributed by atoms with E-state index in [2.05, 4.69) is 52.2 Å². The summed E-state index contributed by atoms with van der Waals surface area (Å²) in [6.45, 7) is 4.18. The van der Waals surface area contributed by atoms with Gasteiger partial charge >= 0.3 is 0 Å². The number of hydrogen-bond donors (Lipinski definition) is 1. The molecule has 1 aromatic carbocycles. The van der Waals surface area contributed by atoms with E-state index in [1.54, 1.807) is 18.3 Å². The summed E-state index contributed by atoms with van der Waals surface area (Å²) in [5.74, 6) is -0.108. The lowest BCUT2D eigenvalue weighted by atomic mass is 10.0. The molecule has 2 rings (SSSR count). The van der Waals surface area contributed by atoms with Gasteiger partial charge in [0.2, 0.25) is 0 Å². The van der Waals surface area contributed by atoms with Crippen molar-refractivity contribution in [2.75, 3.05) is 5.32 Å². The van der Waals surface area contributed by atoms with Gasteiger partial charge in [-0.3, -0.25) is 4.79 Å². The monoisotopic (exact) mass is 332 g/mol. The SMILES string of the molecule is CCc1cccc(CC)c1NC(=O)c1ccnc(Br)c1. The first-order chi connectivity index (χ1) is 9.65. The van der Waals surface area contributed by atoms with Gasteiger partial charge in [-0.2, -0.15) is 0 Å². The number of para-hydroxylation sites is 1. The molecule has 2 aromatic rings. The molecule has 20 heavy (non-hydrogen) atoms. The highest BCUT2D eigenvalue weighted by atomic mass is 79.9. The van der Waals surface area contributed by atoms with E-state index in [1.165, 1.54) is 0 Å². The zero-order chi connectivity index (χ0) is 14.5. The lowest BCUT2D eigenvalue weighted by Crippen LogP contribution is -2.15. The van der Waals surface area contributed by atoms with E-state index >= 15 is 0 Å². The molecule has 0 aliphatic carbocycles. The number of rotatable bonds is 4. The van der Waals surface area contributed by atoms with Crippen LogP contribution in [0.4, 0.5) is 5.69 Å². The van der Waals surface area contributed by atoms with Crippen molar-refractivity contribution in [2.24, 2.45) is 0 Å². The van der Waals surface area contributed by atoms with Crippen LogP contribution in [0.15, 0.2) is 41.1 Å². The zero-order valence-electron chi connectivity index (χ0n) is 11.6. The quantitative estimate of drug-likeness (QED) is 0.851. The Morgan fingerprint density at radius 1 is 1.20 bits per heavy atom. The molecule has 1 aromatic heterocycles. The first-order valence-corrected chi connectivity index (χ1v) is 7.48. The van der Waals surface area contributed by atoms with Gasteiger partial charge in [0.25, 0.3) is 5.91 Å². The maximum Gasteiger partial charge on any atom is 0.255 e. The third-order valence-electron chi connectivity index (χ3n) is 3.23. The van der Waals surface area contributed by atoms with Crippen LogP contribution in [0.3, 0.4) is 0 Å². The van der Waals surface area contributed by atoms with Crippen LogP contribution in [0.1, 0.15) is 35.3 Å². The number of nitrogens with zero attached hydrogens (tertiary/aromatic N) is 1. The highest BCUT2D eigenvalue weighted by Gasteiger charge is 2.12. The summed E-state index contributed by atoms with van der Waals surface area (Å²) in [6.07, 6.45) is 3.40. The summed E-state index contributed by atoms with van der Waals surface area (Å²) in [6, 6.07) is 9.57. The summed E-state index contributed by atoms with van der Waals surface area (Å²) in [4.78, 5) is 16.4. The predicted molar refractivity (Wildman–Crippen MR) is 85.1 cm³/mol. The smallest absolute Gasteiger partial charge is 0.255 e. The van der Waals surface area contributed by atoms with Crippen molar-refractivity contribution in [3.63, 3.8) is 0 Å². The lowest BCUT2D eigenvalue weighted by Gasteiger charge is -2.14. The second kappa shape index (κ2) is 6.66. The molecule has 3 nitrogen and oxygen atoms in total. The molecule has 0 unspecified atom stereocenters. The fourth-order valence-electron chi connectivity index (χ4n) is 2.13. The number of anilines is 1. The third-order valence-corrected chi connectivity index (χ3v) is 3.66. The molecule has 0 fully saturated rings. The van der Waals surface area contributed by atoms with E-state index in [0.29, 0.717) is 10.2 Å². The fourth-order valence-corrected chi connectivity index (χ4v) is 2.50. The van der Waals surface area contributed by atoms with Crippen molar-refractivity contribution >= 4 is 27.5 Å². The van der Waals surface area contributed by atoms with Crippen molar-refractivity contribution in [1.29, 1.82) is 0 Å². The van der Waals surface area contributed by atoms with Gasteiger partial charge in [-0.05, 0) is 52.0 Å². The minimum atomic E-state index is -0.108. The number of aromatic nitrogens is 1. The molecule has 0 radical (unpaired) electrons. The second-order valence-electron chi connectivity index (χ2n) is 4.48. The number of pyridine rings is 1. The molecule has 1 N–H and O–H groups in total. The van der Waals surface area contributed by atoms with E-state index in [-0.39, 0.29) is 5.91 Å². The van der Waals surface area contributed by atoms with Crippen LogP contribution in [-0.4, -0.2) is 10.9 Å². The topological polar surface area (TPSA) is 42.0 Å².